The molecule has 88 valence electrons. The molecule has 1 aromatic heterocycles. The van der Waals surface area contributed by atoms with Gasteiger partial charge in [-0.05, 0) is 35.9 Å². The summed E-state index contributed by atoms with van der Waals surface area (Å²) in [7, 11) is 0. The van der Waals surface area contributed by atoms with Gasteiger partial charge in [-0.25, -0.2) is 0 Å². The van der Waals surface area contributed by atoms with E-state index in [1.807, 2.05) is 25.1 Å². The van der Waals surface area contributed by atoms with Crippen LogP contribution in [-0.2, 0) is 11.2 Å². The number of halogens is 1. The van der Waals surface area contributed by atoms with Crippen molar-refractivity contribution in [2.75, 3.05) is 0 Å². The number of rotatable bonds is 3. The van der Waals surface area contributed by atoms with Crippen molar-refractivity contribution in [2.24, 2.45) is 0 Å². The van der Waals surface area contributed by atoms with E-state index in [4.69, 9.17) is 5.11 Å². The minimum Gasteiger partial charge on any atom is -0.481 e. The zero-order valence-electron chi connectivity index (χ0n) is 8.96. The monoisotopic (exact) mass is 296 g/mol. The van der Waals surface area contributed by atoms with Crippen LogP contribution in [0.1, 0.15) is 11.4 Å². The van der Waals surface area contributed by atoms with Gasteiger partial charge >= 0.3 is 5.97 Å². The Morgan fingerprint density at radius 2 is 2.29 bits per heavy atom. The summed E-state index contributed by atoms with van der Waals surface area (Å²) >= 11 is 3.36. The second-order valence-corrected chi connectivity index (χ2v) is 4.41. The summed E-state index contributed by atoms with van der Waals surface area (Å²) in [4.78, 5) is 11.8. The van der Waals surface area contributed by atoms with Crippen molar-refractivity contribution < 1.29 is 9.90 Å². The predicted octanol–water partition coefficient (Wildman–Crippen LogP) is 1.36. The van der Waals surface area contributed by atoms with Crippen molar-refractivity contribution in [2.45, 2.75) is 13.3 Å². The fourth-order valence-electron chi connectivity index (χ4n) is 1.39. The molecule has 0 spiro atoms. The van der Waals surface area contributed by atoms with Crippen LogP contribution < -0.4 is 0 Å². The second-order valence-electron chi connectivity index (χ2n) is 3.50. The third-order valence-electron chi connectivity index (χ3n) is 2.14. The zero-order chi connectivity index (χ0) is 12.4. The Morgan fingerprint density at radius 3 is 2.94 bits per heavy atom. The maximum Gasteiger partial charge on any atom is 0.311 e. The molecule has 0 atom stereocenters. The maximum atomic E-state index is 10.5. The summed E-state index contributed by atoms with van der Waals surface area (Å²) < 4.78 is 0.963. The van der Waals surface area contributed by atoms with Crippen LogP contribution in [0.3, 0.4) is 0 Å². The van der Waals surface area contributed by atoms with E-state index in [1.54, 1.807) is 0 Å². The number of nitrogens with zero attached hydrogens (tertiary/aromatic N) is 4. The molecular weight excluding hydrogens is 288 g/mol. The number of hydrogen-bond acceptors (Lipinski definition) is 4. The number of benzene rings is 1. The lowest BCUT2D eigenvalue weighted by molar-refractivity contribution is -0.136. The SMILES string of the molecule is Cc1cc(Br)ccc1-n1nnc(CC(=O)O)n1. The fraction of sp³-hybridized carbons (Fsp3) is 0.200. The highest BCUT2D eigenvalue weighted by Crippen LogP contribution is 2.17. The van der Waals surface area contributed by atoms with Gasteiger partial charge < -0.3 is 5.11 Å². The van der Waals surface area contributed by atoms with Crippen LogP contribution >= 0.6 is 15.9 Å². The van der Waals surface area contributed by atoms with Gasteiger partial charge in [0.2, 0.25) is 0 Å². The van der Waals surface area contributed by atoms with Gasteiger partial charge in [0.1, 0.15) is 6.42 Å². The van der Waals surface area contributed by atoms with E-state index < -0.39 is 5.97 Å². The minimum absolute atomic E-state index is 0.194. The van der Waals surface area contributed by atoms with Gasteiger partial charge in [0, 0.05) is 4.47 Å². The number of carboxylic acid groups (broad SMARTS) is 1. The molecule has 0 amide bonds. The number of tetrazole rings is 1. The second kappa shape index (κ2) is 4.62. The third-order valence-corrected chi connectivity index (χ3v) is 2.63. The van der Waals surface area contributed by atoms with Gasteiger partial charge in [-0.3, -0.25) is 4.79 Å². The van der Waals surface area contributed by atoms with Crippen molar-refractivity contribution in [1.82, 2.24) is 20.2 Å². The lowest BCUT2D eigenvalue weighted by Crippen LogP contribution is -2.04. The molecule has 0 aliphatic heterocycles. The highest BCUT2D eigenvalue weighted by atomic mass is 79.9. The number of carboxylic acids is 1. The van der Waals surface area contributed by atoms with E-state index in [1.165, 1.54) is 4.80 Å². The molecule has 1 aromatic carbocycles. The number of carbonyl (C=O) groups is 1. The number of aryl methyl sites for hydroxylation is 1. The molecule has 0 aliphatic rings. The normalized spacial score (nSPS) is 10.5. The largest absolute Gasteiger partial charge is 0.481 e. The first-order chi connectivity index (χ1) is 8.06. The molecule has 0 aliphatic carbocycles. The molecule has 17 heavy (non-hydrogen) atoms. The molecule has 0 saturated heterocycles. The first-order valence-corrected chi connectivity index (χ1v) is 5.63. The fourth-order valence-corrected chi connectivity index (χ4v) is 1.87. The molecule has 0 bridgehead atoms. The lowest BCUT2D eigenvalue weighted by atomic mass is 10.2. The van der Waals surface area contributed by atoms with Crippen LogP contribution in [0, 0.1) is 6.92 Å². The first kappa shape index (κ1) is 11.7. The van der Waals surface area contributed by atoms with Gasteiger partial charge in [-0.1, -0.05) is 15.9 Å². The average Bonchev–Trinajstić information content (AvgIpc) is 2.65. The Labute approximate surface area is 105 Å². The zero-order valence-corrected chi connectivity index (χ0v) is 10.5. The van der Waals surface area contributed by atoms with Crippen LogP contribution in [0.4, 0.5) is 0 Å². The van der Waals surface area contributed by atoms with Crippen molar-refractivity contribution in [3.63, 3.8) is 0 Å². The summed E-state index contributed by atoms with van der Waals surface area (Å²) in [5.74, 6) is -0.781. The van der Waals surface area contributed by atoms with E-state index in [0.29, 0.717) is 0 Å². The van der Waals surface area contributed by atoms with E-state index in [9.17, 15) is 4.79 Å². The van der Waals surface area contributed by atoms with Crippen LogP contribution in [0.25, 0.3) is 5.69 Å². The minimum atomic E-state index is -0.975. The lowest BCUT2D eigenvalue weighted by Gasteiger charge is -2.03. The average molecular weight is 297 g/mol. The Kier molecular flexibility index (Phi) is 3.19. The summed E-state index contributed by atoms with van der Waals surface area (Å²) in [6.45, 7) is 1.92. The molecule has 2 aromatic rings. The van der Waals surface area contributed by atoms with Gasteiger partial charge in [-0.2, -0.15) is 0 Å². The maximum absolute atomic E-state index is 10.5. The molecule has 6 nitrogen and oxygen atoms in total. The van der Waals surface area contributed by atoms with Crippen LogP contribution in [0.15, 0.2) is 22.7 Å². The van der Waals surface area contributed by atoms with E-state index in [0.717, 1.165) is 15.7 Å². The first-order valence-electron chi connectivity index (χ1n) is 4.83. The summed E-state index contributed by atoms with van der Waals surface area (Å²) in [6, 6.07) is 5.63. The summed E-state index contributed by atoms with van der Waals surface area (Å²) in [6.07, 6.45) is -0.227. The number of hydrogen-bond donors (Lipinski definition) is 1. The van der Waals surface area contributed by atoms with E-state index in [2.05, 4.69) is 31.3 Å². The third kappa shape index (κ3) is 2.68. The summed E-state index contributed by atoms with van der Waals surface area (Å²) in [5.41, 5.74) is 1.75. The smallest absolute Gasteiger partial charge is 0.311 e. The van der Waals surface area contributed by atoms with Crippen molar-refractivity contribution in [1.29, 1.82) is 0 Å². The Morgan fingerprint density at radius 1 is 1.53 bits per heavy atom. The molecular formula is C10H9BrN4O2. The molecule has 2 rings (SSSR count). The van der Waals surface area contributed by atoms with Gasteiger partial charge in [0.25, 0.3) is 0 Å². The van der Waals surface area contributed by atoms with Crippen molar-refractivity contribution in [3.8, 4) is 5.69 Å². The summed E-state index contributed by atoms with van der Waals surface area (Å²) in [5, 5.41) is 20.1. The van der Waals surface area contributed by atoms with Crippen LogP contribution in [0.5, 0.6) is 0 Å². The molecule has 0 fully saturated rings. The Balaban J connectivity index is 2.33. The highest BCUT2D eigenvalue weighted by molar-refractivity contribution is 9.10. The Hall–Kier alpha value is -1.76. The standard InChI is InChI=1S/C10H9BrN4O2/c1-6-4-7(11)2-3-8(6)15-13-9(12-14-15)5-10(16)17/h2-4H,5H2,1H3,(H,16,17). The quantitative estimate of drug-likeness (QED) is 0.925. The van der Waals surface area contributed by atoms with Gasteiger partial charge in [-0.15, -0.1) is 15.0 Å². The van der Waals surface area contributed by atoms with Gasteiger partial charge in [0.05, 0.1) is 5.69 Å². The molecule has 0 unspecified atom stereocenters. The topological polar surface area (TPSA) is 80.9 Å². The highest BCUT2D eigenvalue weighted by Gasteiger charge is 2.10. The predicted molar refractivity (Wildman–Crippen MR) is 62.9 cm³/mol. The van der Waals surface area contributed by atoms with Gasteiger partial charge in [0.15, 0.2) is 5.82 Å². The van der Waals surface area contributed by atoms with E-state index >= 15 is 0 Å². The molecule has 7 heteroatoms. The molecule has 0 saturated carbocycles. The Bertz CT molecular complexity index is 567. The van der Waals surface area contributed by atoms with Crippen molar-refractivity contribution >= 4 is 21.9 Å². The number of aromatic nitrogens is 4. The number of aliphatic carboxylic acids is 1. The van der Waals surface area contributed by atoms with Crippen molar-refractivity contribution in [3.05, 3.63) is 34.1 Å². The molecule has 0 radical (unpaired) electrons. The molecule has 1 N–H and O–H groups in total. The van der Waals surface area contributed by atoms with Crippen LogP contribution in [-0.4, -0.2) is 31.3 Å². The van der Waals surface area contributed by atoms with E-state index in [-0.39, 0.29) is 12.2 Å². The van der Waals surface area contributed by atoms with Crippen LogP contribution in [0.2, 0.25) is 0 Å². The molecule has 1 heterocycles.